The second kappa shape index (κ2) is 4.53. The van der Waals surface area contributed by atoms with Crippen molar-refractivity contribution in [3.63, 3.8) is 0 Å². The molecule has 3 rings (SSSR count). The quantitative estimate of drug-likeness (QED) is 0.849. The number of aryl methyl sites for hydroxylation is 1. The second-order valence-electron chi connectivity index (χ2n) is 4.97. The molecule has 0 amide bonds. The lowest BCUT2D eigenvalue weighted by Gasteiger charge is -2.26. The van der Waals surface area contributed by atoms with Gasteiger partial charge in [0.25, 0.3) is 0 Å². The Balaban J connectivity index is 1.86. The van der Waals surface area contributed by atoms with Crippen LogP contribution >= 0.6 is 0 Å². The van der Waals surface area contributed by atoms with Crippen molar-refractivity contribution in [3.05, 3.63) is 36.0 Å². The number of rotatable bonds is 4. The zero-order chi connectivity index (χ0) is 11.7. The van der Waals surface area contributed by atoms with Crippen molar-refractivity contribution in [2.24, 2.45) is 0 Å². The van der Waals surface area contributed by atoms with Gasteiger partial charge in [0.2, 0.25) is 0 Å². The Morgan fingerprint density at radius 2 is 2.12 bits per heavy atom. The summed E-state index contributed by atoms with van der Waals surface area (Å²) >= 11 is 0. The monoisotopic (exact) mass is 228 g/mol. The molecule has 0 atom stereocenters. The normalized spacial score (nSPS) is 16.3. The maximum absolute atomic E-state index is 3.65. The summed E-state index contributed by atoms with van der Waals surface area (Å²) in [5.74, 6) is 0. The van der Waals surface area contributed by atoms with E-state index in [1.54, 1.807) is 0 Å². The van der Waals surface area contributed by atoms with Gasteiger partial charge in [0, 0.05) is 36.2 Å². The van der Waals surface area contributed by atoms with Crippen molar-refractivity contribution in [2.45, 2.75) is 45.3 Å². The van der Waals surface area contributed by atoms with Crippen LogP contribution in [0.15, 0.2) is 30.5 Å². The van der Waals surface area contributed by atoms with Crippen molar-refractivity contribution < 1.29 is 0 Å². The minimum atomic E-state index is 0.763. The van der Waals surface area contributed by atoms with Crippen LogP contribution in [0.1, 0.15) is 31.7 Å². The zero-order valence-corrected chi connectivity index (χ0v) is 10.4. The zero-order valence-electron chi connectivity index (χ0n) is 10.4. The highest BCUT2D eigenvalue weighted by Gasteiger charge is 2.17. The third kappa shape index (κ3) is 1.98. The van der Waals surface area contributed by atoms with Gasteiger partial charge in [0.1, 0.15) is 0 Å². The number of para-hydroxylation sites is 1. The summed E-state index contributed by atoms with van der Waals surface area (Å²) in [6.45, 7) is 4.26. The molecule has 1 saturated carbocycles. The van der Waals surface area contributed by atoms with Gasteiger partial charge < -0.3 is 9.88 Å². The highest BCUT2D eigenvalue weighted by atomic mass is 15.0. The summed E-state index contributed by atoms with van der Waals surface area (Å²) in [7, 11) is 0. The molecular formula is C15H20N2. The van der Waals surface area contributed by atoms with Gasteiger partial charge in [-0.3, -0.25) is 0 Å². The first-order chi connectivity index (χ1) is 8.38. The molecule has 2 nitrogen and oxygen atoms in total. The van der Waals surface area contributed by atoms with Crippen molar-refractivity contribution >= 4 is 10.9 Å². The Kier molecular flexibility index (Phi) is 2.89. The van der Waals surface area contributed by atoms with Gasteiger partial charge >= 0.3 is 0 Å². The van der Waals surface area contributed by atoms with Gasteiger partial charge in [-0.05, 0) is 31.4 Å². The molecule has 1 N–H and O–H groups in total. The Bertz CT molecular complexity index is 509. The fourth-order valence-electron chi connectivity index (χ4n) is 2.59. The van der Waals surface area contributed by atoms with Gasteiger partial charge in [0.05, 0.1) is 0 Å². The van der Waals surface area contributed by atoms with Crippen LogP contribution in [-0.2, 0) is 13.1 Å². The molecule has 0 bridgehead atoms. The lowest BCUT2D eigenvalue weighted by atomic mass is 9.93. The Labute approximate surface area is 103 Å². The molecule has 0 aliphatic heterocycles. The van der Waals surface area contributed by atoms with Crippen LogP contribution in [-0.4, -0.2) is 10.6 Å². The van der Waals surface area contributed by atoms with Crippen LogP contribution in [0.4, 0.5) is 0 Å². The van der Waals surface area contributed by atoms with Crippen LogP contribution in [0.25, 0.3) is 10.9 Å². The summed E-state index contributed by atoms with van der Waals surface area (Å²) in [5, 5.41) is 5.06. The number of nitrogens with one attached hydrogen (secondary N) is 1. The van der Waals surface area contributed by atoms with Crippen molar-refractivity contribution in [1.29, 1.82) is 0 Å². The average Bonchev–Trinajstić information content (AvgIpc) is 2.66. The number of fused-ring (bicyclic) bond motifs is 1. The topological polar surface area (TPSA) is 17.0 Å². The summed E-state index contributed by atoms with van der Waals surface area (Å²) in [6.07, 6.45) is 6.41. The minimum Gasteiger partial charge on any atom is -0.347 e. The second-order valence-corrected chi connectivity index (χ2v) is 4.97. The molecule has 0 saturated heterocycles. The molecule has 1 aliphatic rings. The maximum atomic E-state index is 3.65. The third-order valence-electron chi connectivity index (χ3n) is 3.90. The molecule has 0 radical (unpaired) electrons. The Morgan fingerprint density at radius 1 is 1.29 bits per heavy atom. The molecule has 1 heterocycles. The van der Waals surface area contributed by atoms with Gasteiger partial charge in [-0.15, -0.1) is 0 Å². The third-order valence-corrected chi connectivity index (χ3v) is 3.90. The fourth-order valence-corrected chi connectivity index (χ4v) is 2.59. The highest BCUT2D eigenvalue weighted by Crippen LogP contribution is 2.23. The highest BCUT2D eigenvalue weighted by molar-refractivity contribution is 5.83. The molecule has 0 unspecified atom stereocenters. The van der Waals surface area contributed by atoms with Crippen molar-refractivity contribution in [2.75, 3.05) is 0 Å². The van der Waals surface area contributed by atoms with Crippen LogP contribution in [0.2, 0.25) is 0 Å². The van der Waals surface area contributed by atoms with Gasteiger partial charge in [-0.2, -0.15) is 0 Å². The first-order valence-corrected chi connectivity index (χ1v) is 6.68. The number of hydrogen-bond acceptors (Lipinski definition) is 1. The molecule has 1 aliphatic carbocycles. The minimum absolute atomic E-state index is 0.763. The molecule has 1 aromatic carbocycles. The molecule has 2 aromatic rings. The van der Waals surface area contributed by atoms with Gasteiger partial charge in [-0.25, -0.2) is 0 Å². The van der Waals surface area contributed by atoms with E-state index in [4.69, 9.17) is 0 Å². The number of nitrogens with zero attached hydrogens (tertiary/aromatic N) is 1. The van der Waals surface area contributed by atoms with E-state index in [0.29, 0.717) is 0 Å². The summed E-state index contributed by atoms with van der Waals surface area (Å²) < 4.78 is 2.34. The lowest BCUT2D eigenvalue weighted by Crippen LogP contribution is -2.34. The van der Waals surface area contributed by atoms with Crippen molar-refractivity contribution in [1.82, 2.24) is 9.88 Å². The summed E-state index contributed by atoms with van der Waals surface area (Å²) in [6, 6.07) is 9.47. The molecule has 1 fully saturated rings. The molecule has 2 heteroatoms. The maximum Gasteiger partial charge on any atom is 0.0483 e. The number of benzene rings is 1. The largest absolute Gasteiger partial charge is 0.347 e. The van der Waals surface area contributed by atoms with Crippen LogP contribution < -0.4 is 5.32 Å². The molecule has 1 aromatic heterocycles. The predicted molar refractivity (Wildman–Crippen MR) is 72.1 cm³/mol. The lowest BCUT2D eigenvalue weighted by molar-refractivity contribution is 0.338. The molecule has 17 heavy (non-hydrogen) atoms. The first kappa shape index (κ1) is 10.8. The van der Waals surface area contributed by atoms with Crippen LogP contribution in [0.5, 0.6) is 0 Å². The van der Waals surface area contributed by atoms with Gasteiger partial charge in [-0.1, -0.05) is 24.6 Å². The molecule has 0 spiro atoms. The van der Waals surface area contributed by atoms with Crippen molar-refractivity contribution in [3.8, 4) is 0 Å². The van der Waals surface area contributed by atoms with E-state index in [9.17, 15) is 0 Å². The molecule has 90 valence electrons. The van der Waals surface area contributed by atoms with E-state index >= 15 is 0 Å². The number of hydrogen-bond donors (Lipinski definition) is 1. The summed E-state index contributed by atoms with van der Waals surface area (Å²) in [4.78, 5) is 0. The van der Waals surface area contributed by atoms with E-state index in [-0.39, 0.29) is 0 Å². The van der Waals surface area contributed by atoms with Gasteiger partial charge in [0.15, 0.2) is 0 Å². The average molecular weight is 228 g/mol. The number of aromatic nitrogens is 1. The fraction of sp³-hybridized carbons (Fsp3) is 0.467. The van der Waals surface area contributed by atoms with Crippen LogP contribution in [0.3, 0.4) is 0 Å². The SMILES string of the molecule is CCn1cc(CNC2CCC2)c2ccccc21. The standard InChI is InChI=1S/C15H20N2/c1-2-17-11-12(10-16-13-6-5-7-13)14-8-3-4-9-15(14)17/h3-4,8-9,11,13,16H,2,5-7,10H2,1H3. The summed E-state index contributed by atoms with van der Waals surface area (Å²) in [5.41, 5.74) is 2.80. The Morgan fingerprint density at radius 3 is 2.82 bits per heavy atom. The van der Waals surface area contributed by atoms with E-state index in [1.165, 1.54) is 35.7 Å². The predicted octanol–water partition coefficient (Wildman–Crippen LogP) is 3.30. The molecular weight excluding hydrogens is 208 g/mol. The van der Waals surface area contributed by atoms with Crippen LogP contribution in [0, 0.1) is 0 Å². The first-order valence-electron chi connectivity index (χ1n) is 6.68. The Hall–Kier alpha value is -1.28. The smallest absolute Gasteiger partial charge is 0.0483 e. The van der Waals surface area contributed by atoms with E-state index in [0.717, 1.165) is 19.1 Å². The van der Waals surface area contributed by atoms with E-state index in [1.807, 2.05) is 0 Å². The van der Waals surface area contributed by atoms with E-state index in [2.05, 4.69) is 47.3 Å². The van der Waals surface area contributed by atoms with E-state index < -0.39 is 0 Å².